The second-order valence-electron chi connectivity index (χ2n) is 6.35. The maximum absolute atomic E-state index is 12.7. The Hall–Kier alpha value is -3.04. The molecule has 0 spiro atoms. The fraction of sp³-hybridized carbons (Fsp3) is 0.100. The molecule has 29 heavy (non-hydrogen) atoms. The van der Waals surface area contributed by atoms with Crippen LogP contribution >= 0.6 is 27.3 Å². The van der Waals surface area contributed by atoms with E-state index < -0.39 is 17.9 Å². The number of hydrogen-bond acceptors (Lipinski definition) is 6. The molecule has 0 unspecified atom stereocenters. The van der Waals surface area contributed by atoms with Crippen molar-refractivity contribution in [3.63, 3.8) is 0 Å². The largest absolute Gasteiger partial charge is 0.368 e. The van der Waals surface area contributed by atoms with E-state index in [2.05, 4.69) is 31.3 Å². The van der Waals surface area contributed by atoms with Crippen LogP contribution in [-0.4, -0.2) is 28.6 Å². The molecule has 2 amide bonds. The lowest BCUT2D eigenvalue weighted by Gasteiger charge is -2.20. The number of thiazole rings is 1. The second kappa shape index (κ2) is 8.14. The van der Waals surface area contributed by atoms with E-state index in [4.69, 9.17) is 5.73 Å². The van der Waals surface area contributed by atoms with E-state index in [1.165, 1.54) is 16.3 Å². The Morgan fingerprint density at radius 3 is 2.55 bits per heavy atom. The van der Waals surface area contributed by atoms with Crippen molar-refractivity contribution in [3.8, 4) is 11.3 Å². The molecule has 0 saturated heterocycles. The summed E-state index contributed by atoms with van der Waals surface area (Å²) in [5.41, 5.74) is 8.18. The van der Waals surface area contributed by atoms with Crippen LogP contribution in [0, 0.1) is 0 Å². The van der Waals surface area contributed by atoms with E-state index >= 15 is 0 Å². The zero-order valence-electron chi connectivity index (χ0n) is 15.1. The molecule has 1 aliphatic rings. The predicted octanol–water partition coefficient (Wildman–Crippen LogP) is 3.63. The number of nitrogens with zero attached hydrogens (tertiary/aromatic N) is 3. The number of amides is 2. The minimum Gasteiger partial charge on any atom is -0.368 e. The van der Waals surface area contributed by atoms with Gasteiger partial charge in [0.2, 0.25) is 5.91 Å². The summed E-state index contributed by atoms with van der Waals surface area (Å²) < 4.78 is 0.983. The highest BCUT2D eigenvalue weighted by Gasteiger charge is 2.35. The van der Waals surface area contributed by atoms with Crippen molar-refractivity contribution in [1.29, 1.82) is 0 Å². The highest BCUT2D eigenvalue weighted by atomic mass is 79.9. The number of para-hydroxylation sites is 1. The summed E-state index contributed by atoms with van der Waals surface area (Å²) in [6.07, 6.45) is 0.140. The van der Waals surface area contributed by atoms with Crippen molar-refractivity contribution in [2.45, 2.75) is 12.5 Å². The molecule has 0 aliphatic carbocycles. The molecule has 3 aromatic rings. The number of nitrogens with two attached hydrogens (primary N) is 1. The Labute approximate surface area is 179 Å². The molecule has 2 heterocycles. The molecular formula is C20H16BrN5O2S. The van der Waals surface area contributed by atoms with E-state index in [0.717, 1.165) is 15.7 Å². The Balaban J connectivity index is 1.51. The number of nitrogens with one attached hydrogen (secondary N) is 1. The minimum atomic E-state index is -0.701. The number of hydrogen-bond donors (Lipinski definition) is 2. The Kier molecular flexibility index (Phi) is 5.41. The average molecular weight is 470 g/mol. The average Bonchev–Trinajstić information content (AvgIpc) is 3.37. The van der Waals surface area contributed by atoms with E-state index in [1.54, 1.807) is 0 Å². The minimum absolute atomic E-state index is 0.140. The summed E-state index contributed by atoms with van der Waals surface area (Å²) in [6, 6.07) is 16.2. The molecule has 146 valence electrons. The number of primary amides is 1. The first-order valence-corrected chi connectivity index (χ1v) is 10.4. The van der Waals surface area contributed by atoms with Gasteiger partial charge in [0.05, 0.1) is 11.4 Å². The molecule has 1 aromatic heterocycles. The maximum Gasteiger partial charge on any atom is 0.273 e. The van der Waals surface area contributed by atoms with E-state index in [1.807, 2.05) is 60.0 Å². The zero-order chi connectivity index (χ0) is 20.4. The van der Waals surface area contributed by atoms with Crippen LogP contribution in [0.3, 0.4) is 0 Å². The SMILES string of the molecule is NC(=O)[C@H]1CC(C(=O)Nc2nc(-c3ccc(Br)cc3)cs2)=NN1c1ccccc1. The van der Waals surface area contributed by atoms with Gasteiger partial charge in [-0.2, -0.15) is 5.10 Å². The Morgan fingerprint density at radius 1 is 1.14 bits per heavy atom. The number of carbonyl (C=O) groups is 2. The fourth-order valence-corrected chi connectivity index (χ4v) is 3.92. The molecule has 3 N–H and O–H groups in total. The Morgan fingerprint density at radius 2 is 1.86 bits per heavy atom. The number of halogens is 1. The molecule has 4 rings (SSSR count). The van der Waals surface area contributed by atoms with Gasteiger partial charge in [-0.05, 0) is 24.3 Å². The summed E-state index contributed by atoms with van der Waals surface area (Å²) in [4.78, 5) is 29.0. The maximum atomic E-state index is 12.7. The van der Waals surface area contributed by atoms with Crippen LogP contribution in [0.5, 0.6) is 0 Å². The quantitative estimate of drug-likeness (QED) is 0.595. The smallest absolute Gasteiger partial charge is 0.273 e. The normalized spacial score (nSPS) is 15.8. The molecule has 1 aliphatic heterocycles. The summed E-state index contributed by atoms with van der Waals surface area (Å²) in [5.74, 6) is -0.932. The van der Waals surface area contributed by atoms with E-state index in [-0.39, 0.29) is 12.1 Å². The summed E-state index contributed by atoms with van der Waals surface area (Å²) in [5, 5.41) is 10.9. The van der Waals surface area contributed by atoms with Crippen LogP contribution in [0.15, 0.2) is 69.6 Å². The van der Waals surface area contributed by atoms with Gasteiger partial charge in [-0.1, -0.05) is 46.3 Å². The molecule has 1 atom stereocenters. The first kappa shape index (κ1) is 19.3. The van der Waals surface area contributed by atoms with Crippen LogP contribution in [0.4, 0.5) is 10.8 Å². The molecule has 0 fully saturated rings. The van der Waals surface area contributed by atoms with Crippen molar-refractivity contribution in [2.75, 3.05) is 10.3 Å². The molecule has 7 nitrogen and oxygen atoms in total. The summed E-state index contributed by atoms with van der Waals surface area (Å²) in [6.45, 7) is 0. The zero-order valence-corrected chi connectivity index (χ0v) is 17.5. The van der Waals surface area contributed by atoms with Crippen molar-refractivity contribution >= 4 is 55.6 Å². The number of aromatic nitrogens is 1. The highest BCUT2D eigenvalue weighted by Crippen LogP contribution is 2.27. The molecule has 9 heteroatoms. The molecule has 0 saturated carbocycles. The van der Waals surface area contributed by atoms with E-state index in [0.29, 0.717) is 10.8 Å². The van der Waals surface area contributed by atoms with Crippen LogP contribution < -0.4 is 16.1 Å². The summed E-state index contributed by atoms with van der Waals surface area (Å²) >= 11 is 4.73. The second-order valence-corrected chi connectivity index (χ2v) is 8.12. The number of rotatable bonds is 5. The van der Waals surface area contributed by atoms with Gasteiger partial charge in [0.1, 0.15) is 11.8 Å². The van der Waals surface area contributed by atoms with Gasteiger partial charge < -0.3 is 5.73 Å². The van der Waals surface area contributed by atoms with Crippen molar-refractivity contribution in [1.82, 2.24) is 4.98 Å². The first-order chi connectivity index (χ1) is 14.0. The molecule has 0 bridgehead atoms. The third-order valence-electron chi connectivity index (χ3n) is 4.39. The fourth-order valence-electron chi connectivity index (χ4n) is 2.94. The van der Waals surface area contributed by atoms with Crippen molar-refractivity contribution in [3.05, 3.63) is 64.5 Å². The van der Waals surface area contributed by atoms with Crippen LogP contribution in [0.2, 0.25) is 0 Å². The van der Waals surface area contributed by atoms with Crippen LogP contribution in [-0.2, 0) is 9.59 Å². The Bertz CT molecular complexity index is 1080. The molecule has 2 aromatic carbocycles. The predicted molar refractivity (Wildman–Crippen MR) is 118 cm³/mol. The highest BCUT2D eigenvalue weighted by molar-refractivity contribution is 9.10. The lowest BCUT2D eigenvalue weighted by molar-refractivity contribution is -0.119. The topological polar surface area (TPSA) is 101 Å². The monoisotopic (exact) mass is 469 g/mol. The van der Waals surface area contributed by atoms with Gasteiger partial charge in [0.25, 0.3) is 5.91 Å². The van der Waals surface area contributed by atoms with E-state index in [9.17, 15) is 9.59 Å². The summed E-state index contributed by atoms with van der Waals surface area (Å²) in [7, 11) is 0. The van der Waals surface area contributed by atoms with Gasteiger partial charge in [-0.15, -0.1) is 11.3 Å². The van der Waals surface area contributed by atoms with Crippen molar-refractivity contribution < 1.29 is 9.59 Å². The van der Waals surface area contributed by atoms with Gasteiger partial charge in [0.15, 0.2) is 5.13 Å². The van der Waals surface area contributed by atoms with Crippen molar-refractivity contribution in [2.24, 2.45) is 10.8 Å². The first-order valence-electron chi connectivity index (χ1n) is 8.75. The number of hydrazone groups is 1. The van der Waals surface area contributed by atoms with Gasteiger partial charge in [0, 0.05) is 21.8 Å². The third kappa shape index (κ3) is 4.20. The van der Waals surface area contributed by atoms with Gasteiger partial charge >= 0.3 is 0 Å². The standard InChI is InChI=1S/C20H16BrN5O2S/c21-13-8-6-12(7-9-13)16-11-29-20(23-16)24-19(28)15-10-17(18(22)27)26(25-15)14-4-2-1-3-5-14/h1-9,11,17H,10H2,(H2,22,27)(H,23,24,28)/t17-/m1/s1. The molecular weight excluding hydrogens is 454 g/mol. The lowest BCUT2D eigenvalue weighted by Crippen LogP contribution is -2.39. The third-order valence-corrected chi connectivity index (χ3v) is 5.67. The van der Waals surface area contributed by atoms with Crippen LogP contribution in [0.25, 0.3) is 11.3 Å². The number of benzene rings is 2. The lowest BCUT2D eigenvalue weighted by atomic mass is 10.1. The number of anilines is 2. The number of carbonyl (C=O) groups excluding carboxylic acids is 2. The van der Waals surface area contributed by atoms with Crippen LogP contribution in [0.1, 0.15) is 6.42 Å². The van der Waals surface area contributed by atoms with Gasteiger partial charge in [-0.3, -0.25) is 19.9 Å². The van der Waals surface area contributed by atoms with Gasteiger partial charge in [-0.25, -0.2) is 4.98 Å². The molecule has 0 radical (unpaired) electrons.